The highest BCUT2D eigenvalue weighted by molar-refractivity contribution is 7.89. The topological polar surface area (TPSA) is 173 Å². The molecule has 3 aromatic rings. The lowest BCUT2D eigenvalue weighted by Gasteiger charge is -2.32. The number of sulfonamides is 1. The second kappa shape index (κ2) is 16.8. The van der Waals surface area contributed by atoms with Crippen LogP contribution >= 0.6 is 12.4 Å². The average Bonchev–Trinajstić information content (AvgIpc) is 3.09. The molecule has 2 aromatic carbocycles. The normalized spacial score (nSPS) is 16.3. The quantitative estimate of drug-likeness (QED) is 0.268. The fourth-order valence-corrected chi connectivity index (χ4v) is 8.34. The van der Waals surface area contributed by atoms with Gasteiger partial charge in [0.15, 0.2) is 0 Å². The number of benzene rings is 2. The Hall–Kier alpha value is -3.98. The number of nitrogen functional groups attached to an aromatic ring is 1. The van der Waals surface area contributed by atoms with E-state index in [1.54, 1.807) is 42.8 Å². The van der Waals surface area contributed by atoms with E-state index in [0.717, 1.165) is 35.6 Å². The lowest BCUT2D eigenvalue weighted by molar-refractivity contribution is -0.139. The summed E-state index contributed by atoms with van der Waals surface area (Å²) in [5.41, 5.74) is 8.36. The van der Waals surface area contributed by atoms with Gasteiger partial charge in [-0.1, -0.05) is 18.2 Å². The maximum atomic E-state index is 14.2. The third kappa shape index (κ3) is 8.84. The van der Waals surface area contributed by atoms with Gasteiger partial charge in [-0.05, 0) is 79.8 Å². The molecule has 1 unspecified atom stereocenters. The Morgan fingerprint density at radius 2 is 1.66 bits per heavy atom. The van der Waals surface area contributed by atoms with Crippen molar-refractivity contribution in [1.29, 1.82) is 0 Å². The third-order valence-electron chi connectivity index (χ3n) is 9.41. The lowest BCUT2D eigenvalue weighted by Crippen LogP contribution is -2.56. The number of amides is 3. The minimum absolute atomic E-state index is 0. The molecule has 272 valence electrons. The van der Waals surface area contributed by atoms with Gasteiger partial charge in [-0.3, -0.25) is 14.4 Å². The first-order valence-corrected chi connectivity index (χ1v) is 18.1. The molecule has 3 amide bonds. The van der Waals surface area contributed by atoms with E-state index in [9.17, 15) is 22.8 Å². The highest BCUT2D eigenvalue weighted by Crippen LogP contribution is 2.31. The smallest absolute Gasteiger partial charge is 0.245 e. The van der Waals surface area contributed by atoms with Gasteiger partial charge < -0.3 is 30.3 Å². The molecule has 2 aliphatic heterocycles. The predicted molar refractivity (Wildman–Crippen MR) is 193 cm³/mol. The maximum Gasteiger partial charge on any atom is 0.245 e. The summed E-state index contributed by atoms with van der Waals surface area (Å²) in [5.74, 6) is -0.505. The fourth-order valence-electron chi connectivity index (χ4n) is 6.62. The van der Waals surface area contributed by atoms with Crippen molar-refractivity contribution in [2.24, 2.45) is 0 Å². The number of nitrogens with two attached hydrogens (primary N) is 1. The Morgan fingerprint density at radius 3 is 2.34 bits per heavy atom. The Bertz CT molecular complexity index is 1830. The number of methoxy groups -OCH3 is 1. The zero-order chi connectivity index (χ0) is 35.3. The number of ether oxygens (including phenoxy) is 2. The number of anilines is 1. The van der Waals surface area contributed by atoms with Gasteiger partial charge in [0.05, 0.1) is 31.6 Å². The highest BCUT2D eigenvalue weighted by atomic mass is 35.5. The third-order valence-corrected chi connectivity index (χ3v) is 11.2. The fraction of sp³-hybridized carbons (Fsp3) is 0.486. The SMILES string of the molecule is COc1cc(C)c(S(=O)(=O)N[C@@H](CC(=O)N2CCOCC2)C(=O)NC(Cc2ccc3c(N)nccc3c2)C(=O)N2CCCCC2)c(C)c1C.Cl. The van der Waals surface area contributed by atoms with Gasteiger partial charge in [0.1, 0.15) is 23.7 Å². The number of hydrogen-bond donors (Lipinski definition) is 3. The molecule has 50 heavy (non-hydrogen) atoms. The second-order valence-corrected chi connectivity index (χ2v) is 14.4. The number of piperidine rings is 1. The number of halogens is 1. The van der Waals surface area contributed by atoms with Crippen molar-refractivity contribution in [3.05, 3.63) is 58.8 Å². The molecule has 5 rings (SSSR count). The van der Waals surface area contributed by atoms with Gasteiger partial charge >= 0.3 is 0 Å². The number of aryl methyl sites for hydroxylation is 1. The van der Waals surface area contributed by atoms with Gasteiger partial charge in [-0.15, -0.1) is 12.4 Å². The molecule has 13 nitrogen and oxygen atoms in total. The van der Waals surface area contributed by atoms with E-state index in [1.165, 1.54) is 7.11 Å². The number of carbonyl (C=O) groups excluding carboxylic acids is 3. The number of nitrogens with one attached hydrogen (secondary N) is 2. The van der Waals surface area contributed by atoms with E-state index >= 15 is 0 Å². The second-order valence-electron chi connectivity index (χ2n) is 12.7. The summed E-state index contributed by atoms with van der Waals surface area (Å²) in [6, 6.07) is 6.50. The number of carbonyl (C=O) groups is 3. The van der Waals surface area contributed by atoms with Crippen LogP contribution in [0.3, 0.4) is 0 Å². The van der Waals surface area contributed by atoms with Crippen molar-refractivity contribution in [3.63, 3.8) is 0 Å². The number of likely N-dealkylation sites (tertiary alicyclic amines) is 1. The molecule has 2 fully saturated rings. The van der Waals surface area contributed by atoms with Crippen molar-refractivity contribution in [2.45, 2.75) is 69.9 Å². The van der Waals surface area contributed by atoms with Crippen LogP contribution in [0.4, 0.5) is 5.82 Å². The number of pyridine rings is 1. The number of aromatic nitrogens is 1. The Balaban J connectivity index is 0.00000562. The summed E-state index contributed by atoms with van der Waals surface area (Å²) < 4.78 is 41.4. The number of fused-ring (bicyclic) bond motifs is 1. The lowest BCUT2D eigenvalue weighted by atomic mass is 10.00. The number of rotatable bonds is 11. The summed E-state index contributed by atoms with van der Waals surface area (Å²) in [6.45, 7) is 7.55. The van der Waals surface area contributed by atoms with E-state index in [4.69, 9.17) is 15.2 Å². The first-order chi connectivity index (χ1) is 23.4. The van der Waals surface area contributed by atoms with E-state index < -0.39 is 40.3 Å². The average molecular weight is 731 g/mol. The van der Waals surface area contributed by atoms with Crippen LogP contribution in [0.25, 0.3) is 10.8 Å². The zero-order valence-corrected chi connectivity index (χ0v) is 30.6. The first kappa shape index (κ1) is 38.8. The van der Waals surface area contributed by atoms with Gasteiger partial charge in [-0.2, -0.15) is 4.72 Å². The molecule has 1 aromatic heterocycles. The van der Waals surface area contributed by atoms with Crippen LogP contribution in [0, 0.1) is 20.8 Å². The zero-order valence-electron chi connectivity index (χ0n) is 29.0. The minimum Gasteiger partial charge on any atom is -0.496 e. The van der Waals surface area contributed by atoms with Crippen LogP contribution in [0.15, 0.2) is 41.4 Å². The molecular formula is C35H47ClN6O7S. The van der Waals surface area contributed by atoms with Crippen LogP contribution < -0.4 is 20.5 Å². The van der Waals surface area contributed by atoms with Crippen LogP contribution in [0.1, 0.15) is 47.9 Å². The summed E-state index contributed by atoms with van der Waals surface area (Å²) >= 11 is 0. The van der Waals surface area contributed by atoms with Crippen LogP contribution in [0.2, 0.25) is 0 Å². The van der Waals surface area contributed by atoms with Gasteiger partial charge in [-0.25, -0.2) is 13.4 Å². The molecule has 0 saturated carbocycles. The molecular weight excluding hydrogens is 684 g/mol. The van der Waals surface area contributed by atoms with Gasteiger partial charge in [0.25, 0.3) is 0 Å². The largest absolute Gasteiger partial charge is 0.496 e. The summed E-state index contributed by atoms with van der Waals surface area (Å²) in [4.78, 5) is 49.1. The Morgan fingerprint density at radius 1 is 0.960 bits per heavy atom. The minimum atomic E-state index is -4.33. The maximum absolute atomic E-state index is 14.2. The monoisotopic (exact) mass is 730 g/mol. The van der Waals surface area contributed by atoms with Crippen molar-refractivity contribution in [2.75, 3.05) is 52.2 Å². The first-order valence-electron chi connectivity index (χ1n) is 16.6. The molecule has 0 spiro atoms. The molecule has 3 heterocycles. The molecule has 2 aliphatic rings. The van der Waals surface area contributed by atoms with Gasteiger partial charge in [0.2, 0.25) is 27.7 Å². The van der Waals surface area contributed by atoms with Gasteiger partial charge in [0, 0.05) is 44.2 Å². The highest BCUT2D eigenvalue weighted by Gasteiger charge is 2.35. The molecule has 0 radical (unpaired) electrons. The molecule has 2 atom stereocenters. The molecule has 0 aliphatic carbocycles. The molecule has 15 heteroatoms. The van der Waals surface area contributed by atoms with E-state index in [1.807, 2.05) is 24.3 Å². The predicted octanol–water partition coefficient (Wildman–Crippen LogP) is 2.81. The van der Waals surface area contributed by atoms with Crippen LogP contribution in [-0.4, -0.2) is 99.5 Å². The van der Waals surface area contributed by atoms with E-state index in [2.05, 4.69) is 15.0 Å². The summed E-state index contributed by atoms with van der Waals surface area (Å²) in [7, 11) is -2.82. The number of nitrogens with zero attached hydrogens (tertiary/aromatic N) is 3. The molecule has 2 saturated heterocycles. The molecule has 0 bridgehead atoms. The summed E-state index contributed by atoms with van der Waals surface area (Å²) in [6.07, 6.45) is 4.03. The summed E-state index contributed by atoms with van der Waals surface area (Å²) in [5, 5.41) is 4.46. The van der Waals surface area contributed by atoms with E-state index in [-0.39, 0.29) is 29.6 Å². The number of hydrogen-bond acceptors (Lipinski definition) is 9. The molecule has 4 N–H and O–H groups in total. The van der Waals surface area contributed by atoms with Crippen molar-refractivity contribution < 1.29 is 32.3 Å². The van der Waals surface area contributed by atoms with Crippen LogP contribution in [0.5, 0.6) is 5.75 Å². The number of morpholine rings is 1. The van der Waals surface area contributed by atoms with Crippen molar-refractivity contribution in [3.8, 4) is 5.75 Å². The van der Waals surface area contributed by atoms with Crippen LogP contribution in [-0.2, 0) is 35.6 Å². The standard InChI is InChI=1S/C35H46N6O7S.ClH/c1-22-18-30(47-4)23(2)24(3)32(22)49(45,46)39-28(21-31(42)40-14-16-48-17-15-40)34(43)38-29(35(44)41-12-6-5-7-13-41)20-25-8-9-27-26(19-25)10-11-37-33(27)36;/h8-11,18-19,28-29,39H,5-7,12-17,20-21H2,1-4H3,(H2,36,37)(H,38,43);1H/t28-,29?;/m0./s1. The Labute approximate surface area is 299 Å². The van der Waals surface area contributed by atoms with Crippen molar-refractivity contribution >= 4 is 56.7 Å². The Kier molecular flexibility index (Phi) is 13.1. The van der Waals surface area contributed by atoms with Crippen molar-refractivity contribution in [1.82, 2.24) is 24.8 Å². The van der Waals surface area contributed by atoms with E-state index in [0.29, 0.717) is 67.7 Å².